The van der Waals surface area contributed by atoms with Gasteiger partial charge in [0.1, 0.15) is 24.2 Å². The molecule has 3 aromatic carbocycles. The third-order valence-electron chi connectivity index (χ3n) is 7.63. The van der Waals surface area contributed by atoms with Crippen molar-refractivity contribution in [3.63, 3.8) is 0 Å². The summed E-state index contributed by atoms with van der Waals surface area (Å²) in [6, 6.07) is 20.9. The summed E-state index contributed by atoms with van der Waals surface area (Å²) in [5.74, 6) is -1.20. The molecule has 1 N–H and O–H groups in total. The molecule has 0 aliphatic heterocycles. The molecule has 0 aromatic heterocycles. The van der Waals surface area contributed by atoms with Crippen LogP contribution in [-0.4, -0.2) is 56.6 Å². The standard InChI is InChI=1S/C33H40FN3O5S/c1-3-42-31-21-13-12-20-29(31)37(43(2,40)41)24-32(38)36(23-26-16-10-11-19-28(26)34)30(22-25-14-6-4-7-15-25)33(39)35-27-17-8-5-9-18-27/h4,6-7,10-16,19-21,27,30H,3,5,8-9,17-18,22-24H2,1-2H3,(H,35,39)/t30-/m0/s1. The normalized spacial score (nSPS) is 14.5. The summed E-state index contributed by atoms with van der Waals surface area (Å²) in [6.45, 7) is 1.26. The van der Waals surface area contributed by atoms with Crippen LogP contribution < -0.4 is 14.4 Å². The minimum Gasteiger partial charge on any atom is -0.492 e. The highest BCUT2D eigenvalue weighted by Crippen LogP contribution is 2.30. The van der Waals surface area contributed by atoms with E-state index in [-0.39, 0.29) is 36.2 Å². The molecule has 43 heavy (non-hydrogen) atoms. The van der Waals surface area contributed by atoms with Gasteiger partial charge in [0.2, 0.25) is 21.8 Å². The van der Waals surface area contributed by atoms with Crippen LogP contribution in [0.5, 0.6) is 5.75 Å². The Kier molecular flexibility index (Phi) is 11.2. The Hall–Kier alpha value is -3.92. The summed E-state index contributed by atoms with van der Waals surface area (Å²) in [4.78, 5) is 29.6. The van der Waals surface area contributed by atoms with Crippen LogP contribution >= 0.6 is 0 Å². The Labute approximate surface area is 253 Å². The van der Waals surface area contributed by atoms with Gasteiger partial charge in [0.05, 0.1) is 18.6 Å². The van der Waals surface area contributed by atoms with Crippen LogP contribution in [0.3, 0.4) is 0 Å². The van der Waals surface area contributed by atoms with Gasteiger partial charge < -0.3 is 15.0 Å². The number of amides is 2. The summed E-state index contributed by atoms with van der Waals surface area (Å²) in [7, 11) is -3.96. The molecule has 2 amide bonds. The van der Waals surface area contributed by atoms with Crippen LogP contribution in [0, 0.1) is 5.82 Å². The highest BCUT2D eigenvalue weighted by molar-refractivity contribution is 7.92. The molecule has 1 aliphatic rings. The summed E-state index contributed by atoms with van der Waals surface area (Å²) in [6.07, 6.45) is 6.02. The maximum atomic E-state index is 15.0. The lowest BCUT2D eigenvalue weighted by Crippen LogP contribution is -2.55. The van der Waals surface area contributed by atoms with Crippen LogP contribution in [-0.2, 0) is 32.6 Å². The number of rotatable bonds is 13. The van der Waals surface area contributed by atoms with E-state index in [0.717, 1.165) is 48.2 Å². The van der Waals surface area contributed by atoms with Crippen LogP contribution in [0.1, 0.15) is 50.2 Å². The molecule has 0 saturated heterocycles. The van der Waals surface area contributed by atoms with Crippen molar-refractivity contribution in [2.45, 2.75) is 64.1 Å². The van der Waals surface area contributed by atoms with Gasteiger partial charge in [-0.3, -0.25) is 13.9 Å². The second kappa shape index (κ2) is 15.0. The maximum absolute atomic E-state index is 15.0. The summed E-state index contributed by atoms with van der Waals surface area (Å²) in [5.41, 5.74) is 1.25. The second-order valence-corrected chi connectivity index (χ2v) is 12.7. The smallest absolute Gasteiger partial charge is 0.244 e. The van der Waals surface area contributed by atoms with Crippen molar-refractivity contribution in [1.82, 2.24) is 10.2 Å². The van der Waals surface area contributed by atoms with Crippen molar-refractivity contribution < 1.29 is 27.1 Å². The van der Waals surface area contributed by atoms with E-state index in [1.807, 2.05) is 30.3 Å². The molecule has 1 aliphatic carbocycles. The second-order valence-electron chi connectivity index (χ2n) is 10.8. The van der Waals surface area contributed by atoms with Gasteiger partial charge in [-0.05, 0) is 43.5 Å². The summed E-state index contributed by atoms with van der Waals surface area (Å²) in [5, 5.41) is 3.14. The lowest BCUT2D eigenvalue weighted by Gasteiger charge is -2.35. The quantitative estimate of drug-likeness (QED) is 0.292. The molecular formula is C33H40FN3O5S. The number of hydrogen-bond donors (Lipinski definition) is 1. The monoisotopic (exact) mass is 609 g/mol. The SMILES string of the molecule is CCOc1ccccc1N(CC(=O)N(Cc1ccccc1F)[C@@H](Cc1ccccc1)C(=O)NC1CCCCC1)S(C)(=O)=O. The first-order chi connectivity index (χ1) is 20.7. The number of ether oxygens (including phenoxy) is 1. The molecule has 0 radical (unpaired) electrons. The molecule has 3 aromatic rings. The van der Waals surface area contributed by atoms with E-state index in [4.69, 9.17) is 4.74 Å². The average Bonchev–Trinajstić information content (AvgIpc) is 2.99. The van der Waals surface area contributed by atoms with E-state index in [1.165, 1.54) is 11.0 Å². The third-order valence-corrected chi connectivity index (χ3v) is 8.76. The Bertz CT molecular complexity index is 1480. The molecule has 230 valence electrons. The first kappa shape index (κ1) is 32.0. The van der Waals surface area contributed by atoms with Gasteiger partial charge in [-0.2, -0.15) is 0 Å². The minimum absolute atomic E-state index is 0.0180. The van der Waals surface area contributed by atoms with Crippen molar-refractivity contribution in [2.24, 2.45) is 0 Å². The maximum Gasteiger partial charge on any atom is 0.244 e. The molecule has 1 atom stereocenters. The average molecular weight is 610 g/mol. The minimum atomic E-state index is -3.96. The molecule has 1 fully saturated rings. The number of sulfonamides is 1. The third kappa shape index (κ3) is 8.79. The summed E-state index contributed by atoms with van der Waals surface area (Å²) < 4.78 is 47.8. The van der Waals surface area contributed by atoms with Crippen LogP contribution in [0.15, 0.2) is 78.9 Å². The molecule has 0 spiro atoms. The number of nitrogens with one attached hydrogen (secondary N) is 1. The Morgan fingerprint density at radius 3 is 2.28 bits per heavy atom. The first-order valence-corrected chi connectivity index (χ1v) is 16.6. The van der Waals surface area contributed by atoms with Gasteiger partial charge >= 0.3 is 0 Å². The Morgan fingerprint density at radius 1 is 0.953 bits per heavy atom. The van der Waals surface area contributed by atoms with Gasteiger partial charge in [0.15, 0.2) is 0 Å². The van der Waals surface area contributed by atoms with Crippen molar-refractivity contribution in [2.75, 3.05) is 23.7 Å². The van der Waals surface area contributed by atoms with Gasteiger partial charge in [-0.15, -0.1) is 0 Å². The molecule has 0 bridgehead atoms. The first-order valence-electron chi connectivity index (χ1n) is 14.7. The molecule has 1 saturated carbocycles. The largest absolute Gasteiger partial charge is 0.492 e. The predicted molar refractivity (Wildman–Crippen MR) is 166 cm³/mol. The van der Waals surface area contributed by atoms with Crippen molar-refractivity contribution in [1.29, 1.82) is 0 Å². The predicted octanol–water partition coefficient (Wildman–Crippen LogP) is 5.08. The number of carbonyl (C=O) groups excluding carboxylic acids is 2. The fourth-order valence-electron chi connectivity index (χ4n) is 5.44. The number of para-hydroxylation sites is 2. The molecular weight excluding hydrogens is 569 g/mol. The van der Waals surface area contributed by atoms with Gasteiger partial charge in [-0.25, -0.2) is 12.8 Å². The summed E-state index contributed by atoms with van der Waals surface area (Å²) >= 11 is 0. The van der Waals surface area contributed by atoms with E-state index in [9.17, 15) is 22.4 Å². The molecule has 4 rings (SSSR count). The zero-order chi connectivity index (χ0) is 30.8. The number of nitrogens with zero attached hydrogens (tertiary/aromatic N) is 2. The van der Waals surface area contributed by atoms with E-state index in [1.54, 1.807) is 49.4 Å². The van der Waals surface area contributed by atoms with E-state index in [2.05, 4.69) is 5.32 Å². The topological polar surface area (TPSA) is 96.0 Å². The fourth-order valence-corrected chi connectivity index (χ4v) is 6.30. The Balaban J connectivity index is 1.75. The van der Waals surface area contributed by atoms with Crippen molar-refractivity contribution in [3.8, 4) is 5.75 Å². The van der Waals surface area contributed by atoms with Gasteiger partial charge in [0, 0.05) is 24.6 Å². The molecule has 0 unspecified atom stereocenters. The molecule has 8 nitrogen and oxygen atoms in total. The van der Waals surface area contributed by atoms with Crippen molar-refractivity contribution in [3.05, 3.63) is 95.8 Å². The lowest BCUT2D eigenvalue weighted by molar-refractivity contribution is -0.140. The Morgan fingerprint density at radius 2 is 1.60 bits per heavy atom. The zero-order valence-corrected chi connectivity index (χ0v) is 25.6. The highest BCUT2D eigenvalue weighted by atomic mass is 32.2. The highest BCUT2D eigenvalue weighted by Gasteiger charge is 2.35. The number of benzene rings is 3. The van der Waals surface area contributed by atoms with E-state index >= 15 is 0 Å². The van der Waals surface area contributed by atoms with E-state index in [0.29, 0.717) is 12.4 Å². The molecule has 0 heterocycles. The van der Waals surface area contributed by atoms with Crippen LogP contribution in [0.4, 0.5) is 10.1 Å². The van der Waals surface area contributed by atoms with E-state index < -0.39 is 34.3 Å². The number of carbonyl (C=O) groups is 2. The number of halogens is 1. The number of hydrogen-bond acceptors (Lipinski definition) is 5. The van der Waals surface area contributed by atoms with Crippen LogP contribution in [0.25, 0.3) is 0 Å². The van der Waals surface area contributed by atoms with Crippen LogP contribution in [0.2, 0.25) is 0 Å². The fraction of sp³-hybridized carbons (Fsp3) is 0.394. The number of anilines is 1. The molecule has 10 heteroatoms. The zero-order valence-electron chi connectivity index (χ0n) is 24.7. The lowest BCUT2D eigenvalue weighted by atomic mass is 9.94. The van der Waals surface area contributed by atoms with Crippen molar-refractivity contribution >= 4 is 27.5 Å². The van der Waals surface area contributed by atoms with Gasteiger partial charge in [0.25, 0.3) is 0 Å². The van der Waals surface area contributed by atoms with Gasteiger partial charge in [-0.1, -0.05) is 79.9 Å².